The van der Waals surface area contributed by atoms with E-state index in [1.807, 2.05) is 6.07 Å². The van der Waals surface area contributed by atoms with Gasteiger partial charge in [-0.05, 0) is 17.9 Å². The van der Waals surface area contributed by atoms with E-state index >= 15 is 0 Å². The fourth-order valence-electron chi connectivity index (χ4n) is 2.14. The molecule has 0 saturated heterocycles. The van der Waals surface area contributed by atoms with Gasteiger partial charge in [-0.3, -0.25) is 4.99 Å². The molecular formula is C17H24N4S. The minimum Gasteiger partial charge on any atom is -0.356 e. The minimum absolute atomic E-state index is 0.436. The summed E-state index contributed by atoms with van der Waals surface area (Å²) in [7, 11) is 1.79. The monoisotopic (exact) mass is 316 g/mol. The van der Waals surface area contributed by atoms with Gasteiger partial charge in [0.1, 0.15) is 0 Å². The summed E-state index contributed by atoms with van der Waals surface area (Å²) >= 11 is 1.71. The van der Waals surface area contributed by atoms with Crippen LogP contribution in [-0.2, 0) is 13.0 Å². The Labute approximate surface area is 136 Å². The van der Waals surface area contributed by atoms with Crippen molar-refractivity contribution in [3.63, 3.8) is 0 Å². The third kappa shape index (κ3) is 4.84. The lowest BCUT2D eigenvalue weighted by Gasteiger charge is -2.16. The number of rotatable bonds is 6. The molecule has 1 unspecified atom stereocenters. The number of aromatic nitrogens is 1. The van der Waals surface area contributed by atoms with Gasteiger partial charge in [0.15, 0.2) is 5.96 Å². The molecule has 5 heteroatoms. The Morgan fingerprint density at radius 1 is 1.27 bits per heavy atom. The summed E-state index contributed by atoms with van der Waals surface area (Å²) < 4.78 is 0. The molecule has 0 aliphatic carbocycles. The summed E-state index contributed by atoms with van der Waals surface area (Å²) in [6.07, 6.45) is 0.992. The third-order valence-corrected chi connectivity index (χ3v) is 4.55. The molecule has 118 valence electrons. The summed E-state index contributed by atoms with van der Waals surface area (Å²) in [4.78, 5) is 8.82. The molecule has 1 aromatic heterocycles. The topological polar surface area (TPSA) is 49.3 Å². The Morgan fingerprint density at radius 3 is 2.68 bits per heavy atom. The number of aryl methyl sites for hydroxylation is 1. The minimum atomic E-state index is 0.436. The van der Waals surface area contributed by atoms with Gasteiger partial charge >= 0.3 is 0 Å². The molecule has 0 amide bonds. The molecule has 1 heterocycles. The maximum absolute atomic E-state index is 4.55. The quantitative estimate of drug-likeness (QED) is 0.636. The summed E-state index contributed by atoms with van der Waals surface area (Å²) in [5.41, 5.74) is 2.40. The molecule has 0 aliphatic rings. The molecule has 0 radical (unpaired) electrons. The standard InChI is InChI=1S/C17H24N4S/c1-4-16-21-15(12-22-16)11-20-17(18-3)19-10-13(2)14-8-6-5-7-9-14/h5-9,12-13H,4,10-11H2,1-3H3,(H2,18,19,20). The van der Waals surface area contributed by atoms with Gasteiger partial charge in [0.25, 0.3) is 0 Å². The van der Waals surface area contributed by atoms with Crippen molar-refractivity contribution in [1.82, 2.24) is 15.6 Å². The summed E-state index contributed by atoms with van der Waals surface area (Å²) in [5.74, 6) is 1.25. The van der Waals surface area contributed by atoms with Crippen LogP contribution in [0, 0.1) is 0 Å². The van der Waals surface area contributed by atoms with E-state index in [9.17, 15) is 0 Å². The zero-order valence-electron chi connectivity index (χ0n) is 13.5. The number of hydrogen-bond donors (Lipinski definition) is 2. The van der Waals surface area contributed by atoms with E-state index in [0.717, 1.165) is 24.6 Å². The van der Waals surface area contributed by atoms with E-state index in [2.05, 4.69) is 64.1 Å². The second-order valence-corrected chi connectivity index (χ2v) is 6.15. The normalized spacial score (nSPS) is 13.0. The molecule has 2 aromatic rings. The van der Waals surface area contributed by atoms with Crippen molar-refractivity contribution in [2.75, 3.05) is 13.6 Å². The SMILES string of the molecule is CCc1nc(CNC(=NC)NCC(C)c2ccccc2)cs1. The number of hydrogen-bond acceptors (Lipinski definition) is 3. The molecule has 0 fully saturated rings. The van der Waals surface area contributed by atoms with Crippen LogP contribution in [-0.4, -0.2) is 24.5 Å². The van der Waals surface area contributed by atoms with Crippen LogP contribution in [0.4, 0.5) is 0 Å². The van der Waals surface area contributed by atoms with Crippen molar-refractivity contribution in [2.24, 2.45) is 4.99 Å². The molecule has 1 aromatic carbocycles. The summed E-state index contributed by atoms with van der Waals surface area (Å²) in [5, 5.41) is 9.97. The van der Waals surface area contributed by atoms with Gasteiger partial charge in [-0.2, -0.15) is 0 Å². The smallest absolute Gasteiger partial charge is 0.191 e. The predicted octanol–water partition coefficient (Wildman–Crippen LogP) is 3.17. The lowest BCUT2D eigenvalue weighted by atomic mass is 10.0. The van der Waals surface area contributed by atoms with Crippen LogP contribution in [0.1, 0.15) is 36.0 Å². The molecule has 2 N–H and O–H groups in total. The van der Waals surface area contributed by atoms with Crippen LogP contribution in [0.15, 0.2) is 40.7 Å². The highest BCUT2D eigenvalue weighted by atomic mass is 32.1. The molecule has 0 spiro atoms. The van der Waals surface area contributed by atoms with E-state index in [0.29, 0.717) is 12.5 Å². The number of nitrogens with zero attached hydrogens (tertiary/aromatic N) is 2. The van der Waals surface area contributed by atoms with Gasteiger partial charge in [-0.1, -0.05) is 44.2 Å². The fourth-order valence-corrected chi connectivity index (χ4v) is 2.88. The number of thiazole rings is 1. The van der Waals surface area contributed by atoms with Crippen LogP contribution in [0.3, 0.4) is 0 Å². The van der Waals surface area contributed by atoms with Crippen LogP contribution >= 0.6 is 11.3 Å². The number of aliphatic imine (C=N–C) groups is 1. The average molecular weight is 316 g/mol. The van der Waals surface area contributed by atoms with Gasteiger partial charge in [-0.25, -0.2) is 4.98 Å². The first-order chi connectivity index (χ1) is 10.7. The lowest BCUT2D eigenvalue weighted by Crippen LogP contribution is -2.38. The number of nitrogens with one attached hydrogen (secondary N) is 2. The van der Waals surface area contributed by atoms with Crippen molar-refractivity contribution >= 4 is 17.3 Å². The predicted molar refractivity (Wildman–Crippen MR) is 94.6 cm³/mol. The number of guanidine groups is 1. The summed E-state index contributed by atoms with van der Waals surface area (Å²) in [6.45, 7) is 5.89. The second kappa shape index (κ2) is 8.54. The van der Waals surface area contributed by atoms with Gasteiger partial charge < -0.3 is 10.6 Å². The molecule has 0 aliphatic heterocycles. The first-order valence-electron chi connectivity index (χ1n) is 7.65. The highest BCUT2D eigenvalue weighted by Crippen LogP contribution is 2.13. The summed E-state index contributed by atoms with van der Waals surface area (Å²) in [6, 6.07) is 10.5. The van der Waals surface area contributed by atoms with Crippen molar-refractivity contribution in [2.45, 2.75) is 32.7 Å². The molecule has 0 bridgehead atoms. The zero-order chi connectivity index (χ0) is 15.8. The van der Waals surface area contributed by atoms with Crippen LogP contribution in [0.2, 0.25) is 0 Å². The first kappa shape index (κ1) is 16.5. The van der Waals surface area contributed by atoms with Gasteiger partial charge in [0.05, 0.1) is 17.2 Å². The van der Waals surface area contributed by atoms with Crippen molar-refractivity contribution < 1.29 is 0 Å². The molecule has 2 rings (SSSR count). The van der Waals surface area contributed by atoms with E-state index in [1.54, 1.807) is 18.4 Å². The first-order valence-corrected chi connectivity index (χ1v) is 8.53. The van der Waals surface area contributed by atoms with Gasteiger partial charge in [0.2, 0.25) is 0 Å². The Hall–Kier alpha value is -1.88. The molecule has 4 nitrogen and oxygen atoms in total. The van der Waals surface area contributed by atoms with Gasteiger partial charge in [0, 0.05) is 19.0 Å². The molecular weight excluding hydrogens is 292 g/mol. The van der Waals surface area contributed by atoms with Gasteiger partial charge in [-0.15, -0.1) is 11.3 Å². The highest BCUT2D eigenvalue weighted by Gasteiger charge is 2.07. The Bertz CT molecular complexity index is 592. The van der Waals surface area contributed by atoms with Crippen LogP contribution in [0.5, 0.6) is 0 Å². The largest absolute Gasteiger partial charge is 0.356 e. The number of benzene rings is 1. The molecule has 1 atom stereocenters. The zero-order valence-corrected chi connectivity index (χ0v) is 14.3. The van der Waals surface area contributed by atoms with E-state index in [4.69, 9.17) is 0 Å². The third-order valence-electron chi connectivity index (χ3n) is 3.51. The molecule has 0 saturated carbocycles. The van der Waals surface area contributed by atoms with Crippen LogP contribution < -0.4 is 10.6 Å². The lowest BCUT2D eigenvalue weighted by molar-refractivity contribution is 0.697. The Morgan fingerprint density at radius 2 is 2.05 bits per heavy atom. The maximum Gasteiger partial charge on any atom is 0.191 e. The van der Waals surface area contributed by atoms with Crippen molar-refractivity contribution in [1.29, 1.82) is 0 Å². The van der Waals surface area contributed by atoms with E-state index in [-0.39, 0.29) is 0 Å². The highest BCUT2D eigenvalue weighted by molar-refractivity contribution is 7.09. The van der Waals surface area contributed by atoms with Crippen molar-refractivity contribution in [3.05, 3.63) is 52.0 Å². The molecule has 22 heavy (non-hydrogen) atoms. The Balaban J connectivity index is 1.80. The van der Waals surface area contributed by atoms with Crippen molar-refractivity contribution in [3.8, 4) is 0 Å². The fraction of sp³-hybridized carbons (Fsp3) is 0.412. The van der Waals surface area contributed by atoms with E-state index in [1.165, 1.54) is 10.6 Å². The van der Waals surface area contributed by atoms with Crippen LogP contribution in [0.25, 0.3) is 0 Å². The maximum atomic E-state index is 4.55. The average Bonchev–Trinajstić information content (AvgIpc) is 3.03. The van der Waals surface area contributed by atoms with E-state index < -0.39 is 0 Å². The second-order valence-electron chi connectivity index (χ2n) is 5.20. The Kier molecular flexibility index (Phi) is 6.40.